The first kappa shape index (κ1) is 18.3. The van der Waals surface area contributed by atoms with E-state index in [1.807, 2.05) is 6.07 Å². The first-order valence-electron chi connectivity index (χ1n) is 8.26. The van der Waals surface area contributed by atoms with Gasteiger partial charge in [-0.15, -0.1) is 0 Å². The van der Waals surface area contributed by atoms with Crippen LogP contribution < -0.4 is 9.64 Å². The summed E-state index contributed by atoms with van der Waals surface area (Å²) in [5, 5.41) is 11.0. The average molecular weight is 371 g/mol. The molecule has 1 aromatic carbocycles. The fraction of sp³-hybridized carbons (Fsp3) is 0.278. The summed E-state index contributed by atoms with van der Waals surface area (Å²) in [7, 11) is 1.29. The molecule has 0 bridgehead atoms. The molecule has 1 amide bonds. The summed E-state index contributed by atoms with van der Waals surface area (Å²) in [6, 6.07) is 11.6. The van der Waals surface area contributed by atoms with Gasteiger partial charge in [-0.05, 0) is 22.4 Å². The number of nitro groups is 1. The Morgan fingerprint density at radius 3 is 2.70 bits per heavy atom. The van der Waals surface area contributed by atoms with E-state index in [0.29, 0.717) is 12.0 Å². The molecule has 2 aromatic rings. The Bertz CT molecular complexity index is 871. The number of esters is 1. The average Bonchev–Trinajstić information content (AvgIpc) is 2.69. The van der Waals surface area contributed by atoms with Crippen LogP contribution in [-0.2, 0) is 14.3 Å². The molecule has 140 valence electrons. The first-order chi connectivity index (χ1) is 13.0. The smallest absolute Gasteiger partial charge is 0.366 e. The maximum Gasteiger partial charge on any atom is 0.366 e. The first-order valence-corrected chi connectivity index (χ1v) is 8.26. The number of nitrogens with zero attached hydrogens (tertiary/aromatic N) is 3. The van der Waals surface area contributed by atoms with Crippen LogP contribution in [0, 0.1) is 10.1 Å². The zero-order chi connectivity index (χ0) is 19.4. The van der Waals surface area contributed by atoms with Crippen LogP contribution in [0.4, 0.5) is 11.6 Å². The molecule has 0 N–H and O–H groups in total. The summed E-state index contributed by atoms with van der Waals surface area (Å²) in [6.07, 6.45) is -0.453. The third-order valence-electron chi connectivity index (χ3n) is 4.10. The molecule has 0 spiro atoms. The number of amides is 1. The highest BCUT2D eigenvalue weighted by Gasteiger charge is 2.39. The zero-order valence-electron chi connectivity index (χ0n) is 14.5. The number of hydrogen-bond donors (Lipinski definition) is 0. The summed E-state index contributed by atoms with van der Waals surface area (Å²) in [4.78, 5) is 40.0. The Morgan fingerprint density at radius 1 is 1.30 bits per heavy atom. The number of ether oxygens (including phenoxy) is 2. The van der Waals surface area contributed by atoms with E-state index in [0.717, 1.165) is 0 Å². The zero-order valence-corrected chi connectivity index (χ0v) is 14.5. The minimum atomic E-state index is -0.889. The van der Waals surface area contributed by atoms with Gasteiger partial charge in [-0.1, -0.05) is 30.3 Å². The summed E-state index contributed by atoms with van der Waals surface area (Å²) in [5.74, 6) is -0.839. The fourth-order valence-corrected chi connectivity index (χ4v) is 2.77. The Labute approximate surface area is 154 Å². The van der Waals surface area contributed by atoms with E-state index in [9.17, 15) is 19.7 Å². The van der Waals surface area contributed by atoms with Crippen LogP contribution in [0.1, 0.15) is 24.5 Å². The van der Waals surface area contributed by atoms with Crippen molar-refractivity contribution in [2.45, 2.75) is 18.9 Å². The van der Waals surface area contributed by atoms with Crippen LogP contribution in [-0.4, -0.2) is 35.4 Å². The molecular weight excluding hydrogens is 354 g/mol. The van der Waals surface area contributed by atoms with E-state index in [-0.39, 0.29) is 30.4 Å². The molecule has 1 unspecified atom stereocenters. The lowest BCUT2D eigenvalue weighted by atomic mass is 10.1. The Morgan fingerprint density at radius 2 is 2.04 bits per heavy atom. The van der Waals surface area contributed by atoms with E-state index < -0.39 is 22.9 Å². The number of methoxy groups -OCH3 is 1. The molecule has 0 saturated carbocycles. The van der Waals surface area contributed by atoms with Crippen molar-refractivity contribution >= 4 is 23.5 Å². The highest BCUT2D eigenvalue weighted by molar-refractivity contribution is 5.99. The van der Waals surface area contributed by atoms with Gasteiger partial charge in [0, 0.05) is 24.6 Å². The number of carbonyl (C=O) groups is 2. The van der Waals surface area contributed by atoms with Gasteiger partial charge in [0.25, 0.3) is 11.7 Å². The minimum absolute atomic E-state index is 0.0752. The van der Waals surface area contributed by atoms with Crippen molar-refractivity contribution in [1.82, 2.24) is 4.98 Å². The molecule has 0 fully saturated rings. The Hall–Kier alpha value is -3.49. The van der Waals surface area contributed by atoms with Crippen LogP contribution in [0.3, 0.4) is 0 Å². The van der Waals surface area contributed by atoms with Crippen molar-refractivity contribution < 1.29 is 24.0 Å². The molecule has 1 aliphatic rings. The number of carbonyl (C=O) groups excluding carboxylic acids is 2. The van der Waals surface area contributed by atoms with Gasteiger partial charge in [0.05, 0.1) is 7.11 Å². The second-order valence-electron chi connectivity index (χ2n) is 5.83. The largest absolute Gasteiger partial charge is 0.469 e. The maximum atomic E-state index is 13.0. The normalized spacial score (nSPS) is 15.7. The monoisotopic (exact) mass is 371 g/mol. The molecular formula is C18H17N3O6. The number of hydrogen-bond acceptors (Lipinski definition) is 7. The highest BCUT2D eigenvalue weighted by Crippen LogP contribution is 2.38. The van der Waals surface area contributed by atoms with Crippen molar-refractivity contribution in [1.29, 1.82) is 0 Å². The second-order valence-corrected chi connectivity index (χ2v) is 5.83. The molecule has 0 radical (unpaired) electrons. The van der Waals surface area contributed by atoms with Crippen molar-refractivity contribution in [3.05, 3.63) is 58.1 Å². The number of benzene rings is 1. The van der Waals surface area contributed by atoms with Gasteiger partial charge in [-0.2, -0.15) is 0 Å². The second kappa shape index (κ2) is 7.81. The van der Waals surface area contributed by atoms with Crippen molar-refractivity contribution in [3.8, 4) is 5.75 Å². The summed E-state index contributed by atoms with van der Waals surface area (Å²) < 4.78 is 10.4. The highest BCUT2D eigenvalue weighted by atomic mass is 16.6. The predicted octanol–water partition coefficient (Wildman–Crippen LogP) is 2.41. The van der Waals surface area contributed by atoms with E-state index in [2.05, 4.69) is 9.72 Å². The molecule has 9 heteroatoms. The van der Waals surface area contributed by atoms with Gasteiger partial charge in [0.2, 0.25) is 6.10 Å². The van der Waals surface area contributed by atoms with E-state index in [4.69, 9.17) is 4.74 Å². The lowest BCUT2D eigenvalue weighted by Crippen LogP contribution is -2.42. The van der Waals surface area contributed by atoms with E-state index in [1.54, 1.807) is 24.3 Å². The van der Waals surface area contributed by atoms with Gasteiger partial charge < -0.3 is 19.6 Å². The van der Waals surface area contributed by atoms with Crippen molar-refractivity contribution in [2.75, 3.05) is 18.6 Å². The van der Waals surface area contributed by atoms with Crippen LogP contribution in [0.25, 0.3) is 0 Å². The standard InChI is InChI=1S/C18H17N3O6/c1-26-15(22)8-5-11-20-17-13(9-10-14(19-17)21(24)25)27-16(18(20)23)12-6-3-2-4-7-12/h2-4,6-7,9-10,16H,5,8,11H2,1H3. The number of rotatable bonds is 6. The van der Waals surface area contributed by atoms with Crippen LogP contribution in [0.2, 0.25) is 0 Å². The van der Waals surface area contributed by atoms with Crippen LogP contribution in [0.5, 0.6) is 5.75 Å². The summed E-state index contributed by atoms with van der Waals surface area (Å²) in [5.41, 5.74) is 0.657. The molecule has 3 rings (SSSR count). The van der Waals surface area contributed by atoms with Gasteiger partial charge in [0.1, 0.15) is 0 Å². The maximum absolute atomic E-state index is 13.0. The molecule has 1 aliphatic heterocycles. The fourth-order valence-electron chi connectivity index (χ4n) is 2.77. The molecule has 9 nitrogen and oxygen atoms in total. The lowest BCUT2D eigenvalue weighted by Gasteiger charge is -2.31. The summed E-state index contributed by atoms with van der Waals surface area (Å²) >= 11 is 0. The topological polar surface area (TPSA) is 112 Å². The van der Waals surface area contributed by atoms with Gasteiger partial charge in [-0.3, -0.25) is 14.5 Å². The predicted molar refractivity (Wildman–Crippen MR) is 94.3 cm³/mol. The van der Waals surface area contributed by atoms with Gasteiger partial charge in [0.15, 0.2) is 5.75 Å². The molecule has 1 atom stereocenters. The van der Waals surface area contributed by atoms with Crippen molar-refractivity contribution in [2.24, 2.45) is 0 Å². The number of pyridine rings is 1. The van der Waals surface area contributed by atoms with Gasteiger partial charge >= 0.3 is 11.8 Å². The molecule has 27 heavy (non-hydrogen) atoms. The quantitative estimate of drug-likeness (QED) is 0.435. The SMILES string of the molecule is COC(=O)CCCN1C(=O)C(c2ccccc2)Oc2ccc([N+](=O)[O-])nc21. The minimum Gasteiger partial charge on any atom is -0.469 e. The lowest BCUT2D eigenvalue weighted by molar-refractivity contribution is -0.389. The van der Waals surface area contributed by atoms with Crippen LogP contribution >= 0.6 is 0 Å². The molecule has 1 aromatic heterocycles. The summed E-state index contributed by atoms with van der Waals surface area (Å²) in [6.45, 7) is 0.155. The van der Waals surface area contributed by atoms with E-state index in [1.165, 1.54) is 24.1 Å². The third kappa shape index (κ3) is 3.86. The Kier molecular flexibility index (Phi) is 5.30. The number of aromatic nitrogens is 1. The number of anilines is 1. The van der Waals surface area contributed by atoms with Crippen LogP contribution in [0.15, 0.2) is 42.5 Å². The van der Waals surface area contributed by atoms with Gasteiger partial charge in [-0.25, -0.2) is 0 Å². The number of fused-ring (bicyclic) bond motifs is 1. The Balaban J connectivity index is 1.94. The molecule has 0 saturated heterocycles. The molecule has 0 aliphatic carbocycles. The van der Waals surface area contributed by atoms with Crippen molar-refractivity contribution in [3.63, 3.8) is 0 Å². The third-order valence-corrected chi connectivity index (χ3v) is 4.10. The van der Waals surface area contributed by atoms with E-state index >= 15 is 0 Å². The molecule has 2 heterocycles.